The van der Waals surface area contributed by atoms with E-state index in [0.717, 1.165) is 24.1 Å². The first-order chi connectivity index (χ1) is 20.9. The minimum atomic E-state index is -1.02. The summed E-state index contributed by atoms with van der Waals surface area (Å²) in [6.07, 6.45) is 1.76. The second kappa shape index (κ2) is 15.4. The fourth-order valence-electron chi connectivity index (χ4n) is 4.98. The number of carboxylic acid groups (broad SMARTS) is 1. The minimum absolute atomic E-state index is 0.0429. The first-order valence-corrected chi connectivity index (χ1v) is 14.7. The number of aliphatic carboxylic acids is 1. The molecule has 0 saturated carbocycles. The van der Waals surface area contributed by atoms with Crippen LogP contribution in [0.25, 0.3) is 0 Å². The molecule has 0 aromatic heterocycles. The minimum Gasteiger partial charge on any atom is -0.492 e. The number of ketones is 1. The number of nitrogens with one attached hydrogen (secondary N) is 1. The maximum Gasteiger partial charge on any atom is 0.326 e. The molecule has 4 aromatic rings. The molecule has 0 bridgehead atoms. The third-order valence-corrected chi connectivity index (χ3v) is 7.45. The van der Waals surface area contributed by atoms with Gasteiger partial charge in [-0.1, -0.05) is 86.6 Å². The van der Waals surface area contributed by atoms with E-state index in [4.69, 9.17) is 4.74 Å². The van der Waals surface area contributed by atoms with Gasteiger partial charge in [0.1, 0.15) is 18.4 Å². The van der Waals surface area contributed by atoms with Gasteiger partial charge < -0.3 is 20.1 Å². The Bertz CT molecular complexity index is 1490. The average Bonchev–Trinajstić information content (AvgIpc) is 3.04. The highest BCUT2D eigenvalue weighted by Gasteiger charge is 2.23. The molecule has 7 heteroatoms. The Balaban J connectivity index is 1.39. The third kappa shape index (κ3) is 8.32. The fraction of sp³-hybridized carbons (Fsp3) is 0.250. The van der Waals surface area contributed by atoms with Crippen LogP contribution in [0.3, 0.4) is 0 Å². The van der Waals surface area contributed by atoms with Crippen molar-refractivity contribution in [2.24, 2.45) is 5.92 Å². The zero-order valence-electron chi connectivity index (χ0n) is 24.6. The second-order valence-electron chi connectivity index (χ2n) is 10.3. The molecule has 4 rings (SSSR count). The van der Waals surface area contributed by atoms with E-state index in [-0.39, 0.29) is 24.0 Å². The Labute approximate surface area is 253 Å². The van der Waals surface area contributed by atoms with E-state index in [1.54, 1.807) is 65.6 Å². The Kier molecular flexibility index (Phi) is 11.1. The van der Waals surface area contributed by atoms with Crippen LogP contribution >= 0.6 is 0 Å². The SMILES string of the molecule is CCC(CC)C(=O)N(CCOc1ccc(C[C@H](Nc2ccccc2C(=O)c2ccccc2)C(=O)O)cc1)c1ccccc1. The van der Waals surface area contributed by atoms with E-state index in [1.165, 1.54) is 0 Å². The molecule has 2 N–H and O–H groups in total. The number of hydrogen-bond donors (Lipinski definition) is 2. The van der Waals surface area contributed by atoms with Crippen molar-refractivity contribution in [1.82, 2.24) is 0 Å². The number of carbonyl (C=O) groups is 3. The van der Waals surface area contributed by atoms with Crippen LogP contribution in [0.4, 0.5) is 11.4 Å². The number of para-hydroxylation sites is 2. The van der Waals surface area contributed by atoms with Gasteiger partial charge >= 0.3 is 5.97 Å². The highest BCUT2D eigenvalue weighted by atomic mass is 16.5. The molecular weight excluding hydrogens is 540 g/mol. The van der Waals surface area contributed by atoms with Crippen LogP contribution in [0.2, 0.25) is 0 Å². The van der Waals surface area contributed by atoms with Crippen molar-refractivity contribution in [2.45, 2.75) is 39.2 Å². The van der Waals surface area contributed by atoms with Crippen LogP contribution in [-0.4, -0.2) is 42.0 Å². The predicted octanol–water partition coefficient (Wildman–Crippen LogP) is 6.87. The molecule has 0 aliphatic rings. The van der Waals surface area contributed by atoms with Gasteiger partial charge in [0.15, 0.2) is 5.78 Å². The van der Waals surface area contributed by atoms with Gasteiger partial charge in [0, 0.05) is 34.8 Å². The van der Waals surface area contributed by atoms with Crippen LogP contribution < -0.4 is 15.0 Å². The Hall–Kier alpha value is -4.91. The van der Waals surface area contributed by atoms with Gasteiger partial charge in [0.2, 0.25) is 5.91 Å². The summed E-state index contributed by atoms with van der Waals surface area (Å²) in [5, 5.41) is 13.0. The normalized spacial score (nSPS) is 11.5. The number of carbonyl (C=O) groups excluding carboxylic acids is 2. The summed E-state index contributed by atoms with van der Waals surface area (Å²) in [5.74, 6) is -0.523. The summed E-state index contributed by atoms with van der Waals surface area (Å²) in [5.41, 5.74) is 3.06. The first-order valence-electron chi connectivity index (χ1n) is 14.7. The smallest absolute Gasteiger partial charge is 0.326 e. The van der Waals surface area contributed by atoms with Gasteiger partial charge in [-0.3, -0.25) is 9.59 Å². The van der Waals surface area contributed by atoms with E-state index in [1.807, 2.05) is 62.4 Å². The van der Waals surface area contributed by atoms with E-state index >= 15 is 0 Å². The van der Waals surface area contributed by atoms with Crippen molar-refractivity contribution in [1.29, 1.82) is 0 Å². The molecule has 0 spiro atoms. The third-order valence-electron chi connectivity index (χ3n) is 7.45. The zero-order chi connectivity index (χ0) is 30.6. The Morgan fingerprint density at radius 2 is 1.40 bits per heavy atom. The van der Waals surface area contributed by atoms with Crippen molar-refractivity contribution in [3.8, 4) is 5.75 Å². The summed E-state index contributed by atoms with van der Waals surface area (Å²) >= 11 is 0. The number of carboxylic acids is 1. The van der Waals surface area contributed by atoms with Crippen molar-refractivity contribution in [2.75, 3.05) is 23.4 Å². The van der Waals surface area contributed by atoms with Gasteiger partial charge in [0.25, 0.3) is 0 Å². The molecule has 0 aliphatic carbocycles. The maximum atomic E-state index is 13.2. The predicted molar refractivity (Wildman–Crippen MR) is 170 cm³/mol. The molecule has 0 unspecified atom stereocenters. The summed E-state index contributed by atoms with van der Waals surface area (Å²) < 4.78 is 5.98. The fourth-order valence-corrected chi connectivity index (χ4v) is 4.98. The van der Waals surface area contributed by atoms with Crippen LogP contribution in [-0.2, 0) is 16.0 Å². The number of anilines is 2. The summed E-state index contributed by atoms with van der Waals surface area (Å²) in [7, 11) is 0. The Morgan fingerprint density at radius 1 is 0.791 bits per heavy atom. The van der Waals surface area contributed by atoms with E-state index in [0.29, 0.717) is 35.7 Å². The molecule has 7 nitrogen and oxygen atoms in total. The lowest BCUT2D eigenvalue weighted by atomic mass is 10.00. The van der Waals surface area contributed by atoms with Crippen molar-refractivity contribution in [3.63, 3.8) is 0 Å². The lowest BCUT2D eigenvalue weighted by Crippen LogP contribution is -2.38. The van der Waals surface area contributed by atoms with E-state index in [2.05, 4.69) is 5.32 Å². The first kappa shape index (κ1) is 31.0. The van der Waals surface area contributed by atoms with Crippen molar-refractivity contribution in [3.05, 3.63) is 126 Å². The second-order valence-corrected chi connectivity index (χ2v) is 10.3. The maximum absolute atomic E-state index is 13.2. The molecule has 1 amide bonds. The number of hydrogen-bond acceptors (Lipinski definition) is 5. The van der Waals surface area contributed by atoms with Crippen LogP contribution in [0.1, 0.15) is 48.2 Å². The number of ether oxygens (including phenoxy) is 1. The summed E-state index contributed by atoms with van der Waals surface area (Å²) in [6, 6.07) is 31.8. The summed E-state index contributed by atoms with van der Waals surface area (Å²) in [6.45, 7) is 4.78. The monoisotopic (exact) mass is 578 g/mol. The molecule has 0 fully saturated rings. The van der Waals surface area contributed by atoms with Crippen LogP contribution in [0.15, 0.2) is 109 Å². The molecule has 0 aliphatic heterocycles. The zero-order valence-corrected chi connectivity index (χ0v) is 24.6. The Morgan fingerprint density at radius 3 is 2.02 bits per heavy atom. The highest BCUT2D eigenvalue weighted by molar-refractivity contribution is 6.12. The highest BCUT2D eigenvalue weighted by Crippen LogP contribution is 2.23. The van der Waals surface area contributed by atoms with Gasteiger partial charge in [-0.2, -0.15) is 0 Å². The molecule has 4 aromatic carbocycles. The standard InChI is InChI=1S/C36H38N2O5/c1-3-27(4-2)35(40)38(29-15-9-6-10-16-29)23-24-43-30-21-19-26(20-22-30)25-33(36(41)42)37-32-18-12-11-17-31(32)34(39)28-13-7-5-8-14-28/h5-22,27,33,37H,3-4,23-25H2,1-2H3,(H,41,42)/t33-/m0/s1. The van der Waals surface area contributed by atoms with Crippen LogP contribution in [0, 0.1) is 5.92 Å². The van der Waals surface area contributed by atoms with Gasteiger partial charge in [-0.05, 0) is 54.8 Å². The number of benzene rings is 4. The molecule has 0 radical (unpaired) electrons. The summed E-state index contributed by atoms with van der Waals surface area (Å²) in [4.78, 5) is 40.3. The van der Waals surface area contributed by atoms with Gasteiger partial charge in [0.05, 0.1) is 6.54 Å². The van der Waals surface area contributed by atoms with Gasteiger partial charge in [-0.15, -0.1) is 0 Å². The van der Waals surface area contributed by atoms with Gasteiger partial charge in [-0.25, -0.2) is 4.79 Å². The molecule has 0 saturated heterocycles. The number of nitrogens with zero attached hydrogens (tertiary/aromatic N) is 1. The molecule has 222 valence electrons. The van der Waals surface area contributed by atoms with Crippen molar-refractivity contribution >= 4 is 29.0 Å². The topological polar surface area (TPSA) is 95.9 Å². The lowest BCUT2D eigenvalue weighted by molar-refractivity contribution is -0.137. The average molecular weight is 579 g/mol. The van der Waals surface area contributed by atoms with E-state index in [9.17, 15) is 19.5 Å². The quantitative estimate of drug-likeness (QED) is 0.149. The lowest BCUT2D eigenvalue weighted by Gasteiger charge is -2.26. The van der Waals surface area contributed by atoms with Crippen LogP contribution in [0.5, 0.6) is 5.75 Å². The molecular formula is C36H38N2O5. The largest absolute Gasteiger partial charge is 0.492 e. The number of rotatable bonds is 15. The molecule has 1 atom stereocenters. The molecule has 43 heavy (non-hydrogen) atoms. The number of amides is 1. The van der Waals surface area contributed by atoms with E-state index < -0.39 is 12.0 Å². The van der Waals surface area contributed by atoms with Crippen molar-refractivity contribution < 1.29 is 24.2 Å². The molecule has 0 heterocycles.